The van der Waals surface area contributed by atoms with E-state index in [4.69, 9.17) is 0 Å². The smallest absolute Gasteiger partial charge is 0.230 e. The maximum absolute atomic E-state index is 13.6. The van der Waals surface area contributed by atoms with Crippen LogP contribution in [-0.4, -0.2) is 55.7 Å². The number of hydrogen-bond donors (Lipinski definition) is 1. The van der Waals surface area contributed by atoms with Crippen LogP contribution < -0.4 is 0 Å². The van der Waals surface area contributed by atoms with Crippen LogP contribution in [0.25, 0.3) is 4.96 Å². The van der Waals surface area contributed by atoms with E-state index >= 15 is 0 Å². The summed E-state index contributed by atoms with van der Waals surface area (Å²) in [5.74, 6) is -0.161. The lowest BCUT2D eigenvalue weighted by molar-refractivity contribution is 0.105. The summed E-state index contributed by atoms with van der Waals surface area (Å²) in [6.07, 6.45) is 1.44. The average molecular weight is 424 g/mol. The van der Waals surface area contributed by atoms with Crippen molar-refractivity contribution in [2.75, 3.05) is 26.2 Å². The van der Waals surface area contributed by atoms with Crippen LogP contribution >= 0.6 is 11.3 Å². The Hall–Kier alpha value is -2.81. The second-order valence-electron chi connectivity index (χ2n) is 7.50. The fraction of sp³-hybridized carbons (Fsp3) is 0.273. The quantitative estimate of drug-likeness (QED) is 0.532. The zero-order valence-electron chi connectivity index (χ0n) is 16.4. The summed E-state index contributed by atoms with van der Waals surface area (Å²) in [5.41, 5.74) is 2.26. The summed E-state index contributed by atoms with van der Waals surface area (Å²) in [4.78, 5) is 10.4. The molecule has 1 aliphatic rings. The van der Waals surface area contributed by atoms with Crippen molar-refractivity contribution in [3.05, 3.63) is 82.7 Å². The molecule has 6 nitrogen and oxygen atoms in total. The third-order valence-corrected chi connectivity index (χ3v) is 6.68. The van der Waals surface area contributed by atoms with Crippen molar-refractivity contribution >= 4 is 16.3 Å². The lowest BCUT2D eigenvalue weighted by Gasteiger charge is -2.39. The Morgan fingerprint density at radius 1 is 1.00 bits per heavy atom. The Morgan fingerprint density at radius 2 is 1.73 bits per heavy atom. The van der Waals surface area contributed by atoms with E-state index < -0.39 is 0 Å². The first kappa shape index (κ1) is 19.2. The predicted molar refractivity (Wildman–Crippen MR) is 114 cm³/mol. The molecule has 1 fully saturated rings. The van der Waals surface area contributed by atoms with Gasteiger partial charge in [0.1, 0.15) is 12.1 Å². The molecule has 0 spiro atoms. The minimum absolute atomic E-state index is 0.105. The van der Waals surface area contributed by atoms with E-state index in [0.29, 0.717) is 4.96 Å². The lowest BCUT2D eigenvalue weighted by Crippen LogP contribution is -2.47. The maximum Gasteiger partial charge on any atom is 0.230 e. The van der Waals surface area contributed by atoms with Gasteiger partial charge in [0.15, 0.2) is 0 Å². The van der Waals surface area contributed by atoms with Crippen molar-refractivity contribution in [1.82, 2.24) is 24.4 Å². The molecule has 3 heterocycles. The van der Waals surface area contributed by atoms with Gasteiger partial charge in [0, 0.05) is 32.7 Å². The van der Waals surface area contributed by atoms with Crippen LogP contribution in [0.1, 0.15) is 22.0 Å². The minimum atomic E-state index is -0.267. The zero-order chi connectivity index (χ0) is 20.5. The van der Waals surface area contributed by atoms with Crippen molar-refractivity contribution in [3.63, 3.8) is 0 Å². The van der Waals surface area contributed by atoms with Gasteiger partial charge < -0.3 is 5.11 Å². The molecule has 1 N–H and O–H groups in total. The van der Waals surface area contributed by atoms with Gasteiger partial charge in [0.2, 0.25) is 10.8 Å². The van der Waals surface area contributed by atoms with Crippen LogP contribution in [0.4, 0.5) is 4.39 Å². The summed E-state index contributed by atoms with van der Waals surface area (Å²) in [5, 5.41) is 14.9. The molecule has 5 rings (SSSR count). The highest BCUT2D eigenvalue weighted by atomic mass is 32.1. The number of hydrogen-bond acceptors (Lipinski definition) is 6. The number of nitrogens with zero attached hydrogens (tertiary/aromatic N) is 5. The molecule has 4 aromatic rings. The number of piperazine rings is 1. The molecular formula is C22H22FN5OS. The van der Waals surface area contributed by atoms with Gasteiger partial charge in [-0.1, -0.05) is 53.8 Å². The number of aromatic nitrogens is 3. The van der Waals surface area contributed by atoms with E-state index in [2.05, 4.69) is 44.1 Å². The molecule has 8 heteroatoms. The Bertz CT molecular complexity index is 1120. The zero-order valence-corrected chi connectivity index (χ0v) is 17.2. The fourth-order valence-corrected chi connectivity index (χ4v) is 5.16. The monoisotopic (exact) mass is 423 g/mol. The number of rotatable bonds is 5. The van der Waals surface area contributed by atoms with Crippen LogP contribution in [-0.2, 0) is 6.54 Å². The number of aromatic hydroxyl groups is 1. The minimum Gasteiger partial charge on any atom is -0.492 e. The lowest BCUT2D eigenvalue weighted by atomic mass is 10.0. The first-order chi connectivity index (χ1) is 14.7. The summed E-state index contributed by atoms with van der Waals surface area (Å²) in [6, 6.07) is 16.9. The normalized spacial score (nSPS) is 16.8. The van der Waals surface area contributed by atoms with Crippen molar-refractivity contribution in [2.45, 2.75) is 12.6 Å². The molecule has 0 bridgehead atoms. The third-order valence-electron chi connectivity index (χ3n) is 5.59. The largest absolute Gasteiger partial charge is 0.492 e. The predicted octanol–water partition coefficient (Wildman–Crippen LogP) is 3.54. The second kappa shape index (κ2) is 8.14. The van der Waals surface area contributed by atoms with Crippen LogP contribution in [0.2, 0.25) is 0 Å². The standard InChI is InChI=1S/C22H22FN5OS/c23-18-8-6-17(7-9-18)19(20-21(29)28-22(30-20)24-15-25-28)27-12-10-26(11-13-27)14-16-4-2-1-3-5-16/h1-9,15,19,29H,10-14H2/t19-/m0/s1. The van der Waals surface area contributed by atoms with Crippen molar-refractivity contribution in [3.8, 4) is 5.88 Å². The molecular weight excluding hydrogens is 401 g/mol. The second-order valence-corrected chi connectivity index (χ2v) is 8.51. The van der Waals surface area contributed by atoms with Gasteiger partial charge in [-0.2, -0.15) is 9.61 Å². The molecule has 2 aromatic carbocycles. The van der Waals surface area contributed by atoms with Crippen LogP contribution in [0.5, 0.6) is 5.88 Å². The maximum atomic E-state index is 13.6. The van der Waals surface area contributed by atoms with Crippen molar-refractivity contribution < 1.29 is 9.50 Å². The molecule has 1 saturated heterocycles. The summed E-state index contributed by atoms with van der Waals surface area (Å²) in [6.45, 7) is 4.48. The first-order valence-corrected chi connectivity index (χ1v) is 10.8. The van der Waals surface area contributed by atoms with Crippen LogP contribution in [0.3, 0.4) is 0 Å². The number of benzene rings is 2. The fourth-order valence-electron chi connectivity index (χ4n) is 4.07. The van der Waals surface area contributed by atoms with Gasteiger partial charge in [-0.05, 0) is 23.3 Å². The SMILES string of the molecule is Oc1c([C@H](c2ccc(F)cc2)N2CCN(Cc3ccccc3)CC2)sc2ncnn12. The number of halogens is 1. The van der Waals surface area contributed by atoms with Gasteiger partial charge in [0.25, 0.3) is 0 Å². The first-order valence-electron chi connectivity index (χ1n) is 9.96. The van der Waals surface area contributed by atoms with Crippen LogP contribution in [0.15, 0.2) is 60.9 Å². The van der Waals surface area contributed by atoms with Gasteiger partial charge in [0.05, 0.1) is 10.9 Å². The number of fused-ring (bicyclic) bond motifs is 1. The van der Waals surface area contributed by atoms with E-state index in [1.165, 1.54) is 39.9 Å². The molecule has 1 atom stereocenters. The highest BCUT2D eigenvalue weighted by Crippen LogP contribution is 2.40. The topological polar surface area (TPSA) is 56.9 Å². The Kier molecular flexibility index (Phi) is 5.20. The van der Waals surface area contributed by atoms with Gasteiger partial charge in [-0.25, -0.2) is 9.37 Å². The molecule has 1 aliphatic heterocycles. The van der Waals surface area contributed by atoms with E-state index in [0.717, 1.165) is 43.2 Å². The molecule has 0 saturated carbocycles. The summed E-state index contributed by atoms with van der Waals surface area (Å²) >= 11 is 1.43. The Labute approximate surface area is 177 Å². The van der Waals surface area contributed by atoms with Gasteiger partial charge in [-0.15, -0.1) is 0 Å². The Morgan fingerprint density at radius 3 is 2.43 bits per heavy atom. The molecule has 30 heavy (non-hydrogen) atoms. The van der Waals surface area contributed by atoms with E-state index in [1.807, 2.05) is 6.07 Å². The number of thiazole rings is 1. The summed E-state index contributed by atoms with van der Waals surface area (Å²) < 4.78 is 15.0. The van der Waals surface area contributed by atoms with E-state index in [1.54, 1.807) is 12.1 Å². The molecule has 0 radical (unpaired) electrons. The van der Waals surface area contributed by atoms with Crippen molar-refractivity contribution in [1.29, 1.82) is 0 Å². The molecule has 0 unspecified atom stereocenters. The molecule has 2 aromatic heterocycles. The summed E-state index contributed by atoms with van der Waals surface area (Å²) in [7, 11) is 0. The van der Waals surface area contributed by atoms with Crippen LogP contribution in [0, 0.1) is 5.82 Å². The molecule has 0 amide bonds. The van der Waals surface area contributed by atoms with Crippen molar-refractivity contribution in [2.24, 2.45) is 0 Å². The third kappa shape index (κ3) is 3.69. The Balaban J connectivity index is 1.40. The molecule has 0 aliphatic carbocycles. The van der Waals surface area contributed by atoms with E-state index in [9.17, 15) is 9.50 Å². The van der Waals surface area contributed by atoms with Gasteiger partial charge >= 0.3 is 0 Å². The molecule has 154 valence electrons. The van der Waals surface area contributed by atoms with Gasteiger partial charge in [-0.3, -0.25) is 9.80 Å². The van der Waals surface area contributed by atoms with E-state index in [-0.39, 0.29) is 17.7 Å². The average Bonchev–Trinajstić information content (AvgIpc) is 3.35. The highest BCUT2D eigenvalue weighted by Gasteiger charge is 2.31. The highest BCUT2D eigenvalue weighted by molar-refractivity contribution is 7.17.